The smallest absolute Gasteiger partial charge is 0.360 e. The molecule has 0 aromatic heterocycles. The zero-order chi connectivity index (χ0) is 21.2. The van der Waals surface area contributed by atoms with Gasteiger partial charge in [0.15, 0.2) is 11.0 Å². The van der Waals surface area contributed by atoms with E-state index in [0.29, 0.717) is 28.0 Å². The van der Waals surface area contributed by atoms with Crippen molar-refractivity contribution in [2.45, 2.75) is 6.61 Å². The molecule has 0 atom stereocenters. The molecule has 0 unspecified atom stereocenters. The summed E-state index contributed by atoms with van der Waals surface area (Å²) in [6, 6.07) is 14.0. The first-order valence-electron chi connectivity index (χ1n) is 8.43. The van der Waals surface area contributed by atoms with E-state index in [1.165, 1.54) is 20.3 Å². The molecule has 1 N–H and O–H groups in total. The van der Waals surface area contributed by atoms with Crippen molar-refractivity contribution in [3.63, 3.8) is 0 Å². The van der Waals surface area contributed by atoms with Crippen LogP contribution in [0.4, 0.5) is 4.39 Å². The molecule has 6 nitrogen and oxygen atoms in total. The first-order chi connectivity index (χ1) is 14.0. The molecule has 0 aliphatic carbocycles. The zero-order valence-corrected chi connectivity index (χ0v) is 16.7. The summed E-state index contributed by atoms with van der Waals surface area (Å²) >= 11 is 5.27. The number of rotatable bonds is 9. The van der Waals surface area contributed by atoms with Gasteiger partial charge >= 0.3 is 5.97 Å². The van der Waals surface area contributed by atoms with Crippen LogP contribution in [0.15, 0.2) is 65.6 Å². The number of hydrogen-bond acceptors (Lipinski definition) is 6. The normalized spacial score (nSPS) is 11.7. The van der Waals surface area contributed by atoms with Crippen LogP contribution in [0.1, 0.15) is 22.3 Å². The number of carbonyl (C=O) groups is 1. The average molecular weight is 419 g/mol. The molecule has 0 radical (unpaired) electrons. The van der Waals surface area contributed by atoms with Crippen LogP contribution in [0, 0.1) is 0 Å². The van der Waals surface area contributed by atoms with Crippen LogP contribution in [0.25, 0.3) is 11.8 Å². The summed E-state index contributed by atoms with van der Waals surface area (Å²) in [6.45, 7) is 4.01. The fourth-order valence-corrected chi connectivity index (χ4v) is 2.59. The van der Waals surface area contributed by atoms with E-state index in [9.17, 15) is 9.18 Å². The van der Waals surface area contributed by atoms with Gasteiger partial charge in [0.05, 0.1) is 12.8 Å². The Balaban J connectivity index is 2.10. The summed E-state index contributed by atoms with van der Waals surface area (Å²) in [6.07, 6.45) is 1.19. The van der Waals surface area contributed by atoms with Crippen LogP contribution in [0.5, 0.6) is 0 Å². The predicted octanol–water partition coefficient (Wildman–Crippen LogP) is 4.41. The summed E-state index contributed by atoms with van der Waals surface area (Å²) in [7, 11) is 2.60. The van der Waals surface area contributed by atoms with Gasteiger partial charge in [-0.05, 0) is 28.8 Å². The lowest BCUT2D eigenvalue weighted by molar-refractivity contribution is -0.132. The van der Waals surface area contributed by atoms with Crippen LogP contribution in [0.2, 0.25) is 0 Å². The highest BCUT2D eigenvalue weighted by atomic mass is 35.5. The van der Waals surface area contributed by atoms with Gasteiger partial charge in [-0.25, -0.2) is 4.79 Å². The average Bonchev–Trinajstić information content (AvgIpc) is 2.71. The molecule has 2 aromatic carbocycles. The van der Waals surface area contributed by atoms with Crippen molar-refractivity contribution in [2.75, 3.05) is 14.2 Å². The summed E-state index contributed by atoms with van der Waals surface area (Å²) in [5, 5.41) is 2.94. The van der Waals surface area contributed by atoms with Gasteiger partial charge in [0.1, 0.15) is 13.7 Å². The highest BCUT2D eigenvalue weighted by Crippen LogP contribution is 2.17. The number of methoxy groups -OCH3 is 1. The predicted molar refractivity (Wildman–Crippen MR) is 110 cm³/mol. The van der Waals surface area contributed by atoms with Crippen molar-refractivity contribution in [3.8, 4) is 0 Å². The number of nitrogens with zero attached hydrogens (tertiary/aromatic N) is 1. The van der Waals surface area contributed by atoms with Crippen LogP contribution in [-0.2, 0) is 25.8 Å². The number of esters is 1. The summed E-state index contributed by atoms with van der Waals surface area (Å²) in [5.74, 6) is -0.631. The molecular formula is C21H20ClFN2O4. The van der Waals surface area contributed by atoms with Crippen LogP contribution in [0.3, 0.4) is 0 Å². The van der Waals surface area contributed by atoms with Crippen molar-refractivity contribution < 1.29 is 23.6 Å². The van der Waals surface area contributed by atoms with E-state index < -0.39 is 11.3 Å². The Kier molecular flexibility index (Phi) is 8.39. The van der Waals surface area contributed by atoms with Crippen LogP contribution < -0.4 is 5.48 Å². The molecule has 29 heavy (non-hydrogen) atoms. The Morgan fingerprint density at radius 3 is 2.69 bits per heavy atom. The second-order valence-electron chi connectivity index (χ2n) is 5.70. The molecular weight excluding hydrogens is 399 g/mol. The highest BCUT2D eigenvalue weighted by Gasteiger charge is 2.19. The number of nitrogens with one attached hydrogen (secondary N) is 1. The number of oxime groups is 1. The number of hydroxylamine groups is 1. The van der Waals surface area contributed by atoms with Crippen molar-refractivity contribution in [1.82, 2.24) is 5.48 Å². The molecule has 0 fully saturated rings. The molecule has 0 bridgehead atoms. The Morgan fingerprint density at radius 2 is 2.00 bits per heavy atom. The Hall–Kier alpha value is -3.16. The number of benzene rings is 2. The fraction of sp³-hybridized carbons (Fsp3) is 0.143. The first-order valence-corrected chi connectivity index (χ1v) is 8.81. The van der Waals surface area contributed by atoms with Crippen LogP contribution in [-0.4, -0.2) is 25.9 Å². The SMILES string of the molecule is C=C(NOCc1ccccc1C(=NOC)C(=O)OC)c1cccc(C=C(F)Cl)c1. The maximum absolute atomic E-state index is 12.9. The zero-order valence-electron chi connectivity index (χ0n) is 15.9. The number of carbonyl (C=O) groups excluding carboxylic acids is 1. The van der Waals surface area contributed by atoms with Crippen LogP contribution >= 0.6 is 11.6 Å². The Labute approximate surface area is 173 Å². The summed E-state index contributed by atoms with van der Waals surface area (Å²) < 4.78 is 17.6. The standard InChI is InChI=1S/C21H20ClFN2O4/c1-14(16-9-6-7-15(11-16)12-19(22)23)24-29-13-17-8-4-5-10-18(17)20(25-28-3)21(26)27-2/h4-12,24H,1,13H2,2-3H3. The minimum absolute atomic E-state index is 0.0237. The minimum atomic E-state index is -0.812. The molecule has 0 heterocycles. The van der Waals surface area contributed by atoms with Gasteiger partial charge in [-0.1, -0.05) is 65.8 Å². The molecule has 0 saturated heterocycles. The second kappa shape index (κ2) is 11.0. The van der Waals surface area contributed by atoms with E-state index in [1.54, 1.807) is 48.5 Å². The summed E-state index contributed by atoms with van der Waals surface area (Å²) in [5.41, 5.74) is 5.70. The van der Waals surface area contributed by atoms with E-state index in [1.807, 2.05) is 0 Å². The van der Waals surface area contributed by atoms with Crippen molar-refractivity contribution >= 4 is 35.1 Å². The van der Waals surface area contributed by atoms with E-state index in [-0.39, 0.29) is 12.3 Å². The molecule has 0 aliphatic heterocycles. The second-order valence-corrected chi connectivity index (χ2v) is 6.06. The van der Waals surface area contributed by atoms with Gasteiger partial charge in [0.25, 0.3) is 0 Å². The third-order valence-corrected chi connectivity index (χ3v) is 3.88. The lowest BCUT2D eigenvalue weighted by atomic mass is 10.0. The third kappa shape index (κ3) is 6.44. The van der Waals surface area contributed by atoms with Crippen molar-refractivity contribution in [2.24, 2.45) is 5.16 Å². The third-order valence-electron chi connectivity index (χ3n) is 3.77. The van der Waals surface area contributed by atoms with Gasteiger partial charge in [-0.15, -0.1) is 0 Å². The van der Waals surface area contributed by atoms with Crippen molar-refractivity contribution in [3.05, 3.63) is 82.6 Å². The molecule has 0 amide bonds. The molecule has 8 heteroatoms. The van der Waals surface area contributed by atoms with Gasteiger partial charge in [-0.2, -0.15) is 4.39 Å². The maximum atomic E-state index is 12.9. The number of halogens is 2. The molecule has 2 rings (SSSR count). The minimum Gasteiger partial charge on any atom is -0.464 e. The van der Waals surface area contributed by atoms with E-state index in [0.717, 1.165) is 0 Å². The fourth-order valence-electron chi connectivity index (χ4n) is 2.46. The maximum Gasteiger partial charge on any atom is 0.360 e. The number of ether oxygens (including phenoxy) is 1. The molecule has 0 aliphatic rings. The first kappa shape index (κ1) is 22.1. The van der Waals surface area contributed by atoms with Crippen molar-refractivity contribution in [1.29, 1.82) is 0 Å². The topological polar surface area (TPSA) is 69.1 Å². The van der Waals surface area contributed by atoms with E-state index >= 15 is 0 Å². The lowest BCUT2D eigenvalue weighted by Gasteiger charge is -2.13. The van der Waals surface area contributed by atoms with Gasteiger partial charge in [0, 0.05) is 5.56 Å². The Morgan fingerprint density at radius 1 is 1.24 bits per heavy atom. The number of hydrogen-bond donors (Lipinski definition) is 1. The molecule has 0 saturated carbocycles. The van der Waals surface area contributed by atoms with Gasteiger partial charge in [-0.3, -0.25) is 10.3 Å². The van der Waals surface area contributed by atoms with E-state index in [2.05, 4.69) is 17.2 Å². The van der Waals surface area contributed by atoms with Gasteiger partial charge in [0.2, 0.25) is 0 Å². The lowest BCUT2D eigenvalue weighted by Crippen LogP contribution is -2.20. The van der Waals surface area contributed by atoms with Gasteiger partial charge < -0.3 is 9.57 Å². The molecule has 2 aromatic rings. The van der Waals surface area contributed by atoms with E-state index in [4.69, 9.17) is 26.0 Å². The molecule has 152 valence electrons. The molecule has 0 spiro atoms. The highest BCUT2D eigenvalue weighted by molar-refractivity contribution is 6.43. The quantitative estimate of drug-likeness (QED) is 0.371. The Bertz CT molecular complexity index is 940. The summed E-state index contributed by atoms with van der Waals surface area (Å²) in [4.78, 5) is 22.3. The monoisotopic (exact) mass is 418 g/mol. The largest absolute Gasteiger partial charge is 0.464 e.